The smallest absolute Gasteiger partial charge is 0.337 e. The van der Waals surface area contributed by atoms with Crippen molar-refractivity contribution in [2.45, 2.75) is 37.1 Å². The summed E-state index contributed by atoms with van der Waals surface area (Å²) in [5.41, 5.74) is 0.563. The van der Waals surface area contributed by atoms with Gasteiger partial charge in [-0.2, -0.15) is 4.31 Å². The van der Waals surface area contributed by atoms with Crippen LogP contribution < -0.4 is 0 Å². The van der Waals surface area contributed by atoms with Gasteiger partial charge < -0.3 is 9.84 Å². The van der Waals surface area contributed by atoms with Crippen molar-refractivity contribution in [3.8, 4) is 0 Å². The Balaban J connectivity index is 2.50. The molecular weight excluding hydrogens is 322 g/mol. The number of aryl methyl sites for hydroxylation is 1. The number of sulfonamides is 1. The molecule has 8 heteroatoms. The molecule has 0 saturated carbocycles. The fraction of sp³-hybridized carbons (Fsp3) is 0.467. The molecule has 1 aliphatic rings. The summed E-state index contributed by atoms with van der Waals surface area (Å²) in [6, 6.07) is 3.16. The summed E-state index contributed by atoms with van der Waals surface area (Å²) in [6.07, 6.45) is 1.56. The average molecular weight is 341 g/mol. The van der Waals surface area contributed by atoms with E-state index in [-0.39, 0.29) is 23.4 Å². The van der Waals surface area contributed by atoms with E-state index in [0.717, 1.165) is 4.31 Å². The molecule has 0 bridgehead atoms. The lowest BCUT2D eigenvalue weighted by atomic mass is 10.1. The Morgan fingerprint density at radius 3 is 2.61 bits per heavy atom. The molecule has 1 heterocycles. The third kappa shape index (κ3) is 3.37. The number of methoxy groups -OCH3 is 1. The van der Waals surface area contributed by atoms with Crippen molar-refractivity contribution in [3.05, 3.63) is 29.3 Å². The van der Waals surface area contributed by atoms with Crippen LogP contribution in [0.4, 0.5) is 0 Å². The molecule has 1 atom stereocenters. The Hall–Kier alpha value is -1.93. The lowest BCUT2D eigenvalue weighted by Crippen LogP contribution is -2.48. The quantitative estimate of drug-likeness (QED) is 0.831. The van der Waals surface area contributed by atoms with Gasteiger partial charge in [0.05, 0.1) is 17.6 Å². The minimum atomic E-state index is -4.01. The van der Waals surface area contributed by atoms with E-state index in [0.29, 0.717) is 18.4 Å². The normalized spacial score (nSPS) is 19.3. The molecule has 1 saturated heterocycles. The maximum atomic E-state index is 12.9. The van der Waals surface area contributed by atoms with Gasteiger partial charge in [-0.3, -0.25) is 4.79 Å². The number of carboxylic acids is 1. The summed E-state index contributed by atoms with van der Waals surface area (Å²) >= 11 is 0. The average Bonchev–Trinajstić information content (AvgIpc) is 2.54. The first-order valence-electron chi connectivity index (χ1n) is 7.22. The molecule has 0 amide bonds. The van der Waals surface area contributed by atoms with Crippen LogP contribution in [0.25, 0.3) is 0 Å². The topological polar surface area (TPSA) is 101 Å². The number of carbonyl (C=O) groups is 2. The second-order valence-electron chi connectivity index (χ2n) is 5.44. The van der Waals surface area contributed by atoms with Gasteiger partial charge in [0.25, 0.3) is 0 Å². The lowest BCUT2D eigenvalue weighted by Gasteiger charge is -2.32. The van der Waals surface area contributed by atoms with E-state index in [4.69, 9.17) is 0 Å². The van der Waals surface area contributed by atoms with Crippen LogP contribution in [0, 0.1) is 6.92 Å². The highest BCUT2D eigenvalue weighted by molar-refractivity contribution is 7.89. The van der Waals surface area contributed by atoms with Gasteiger partial charge in [0, 0.05) is 6.54 Å². The van der Waals surface area contributed by atoms with E-state index < -0.39 is 28.0 Å². The largest absolute Gasteiger partial charge is 0.480 e. The van der Waals surface area contributed by atoms with Crippen molar-refractivity contribution in [1.82, 2.24) is 4.31 Å². The van der Waals surface area contributed by atoms with E-state index in [2.05, 4.69) is 4.74 Å². The van der Waals surface area contributed by atoms with Gasteiger partial charge in [-0.1, -0.05) is 6.07 Å². The SMILES string of the molecule is COC(=O)c1ccc(C)c(S(=O)(=O)N2CCCCC2C(=O)O)c1. The Bertz CT molecular complexity index is 727. The summed E-state index contributed by atoms with van der Waals surface area (Å²) in [5.74, 6) is -1.80. The molecule has 0 aromatic heterocycles. The van der Waals surface area contributed by atoms with Crippen LogP contribution in [0.1, 0.15) is 35.2 Å². The molecular formula is C15H19NO6S. The Labute approximate surface area is 134 Å². The minimum absolute atomic E-state index is 0.0615. The summed E-state index contributed by atoms with van der Waals surface area (Å²) < 4.78 is 31.4. The Morgan fingerprint density at radius 1 is 1.30 bits per heavy atom. The van der Waals surface area contributed by atoms with Crippen LogP contribution in [-0.2, 0) is 19.6 Å². The number of carbonyl (C=O) groups excluding carboxylic acids is 1. The first kappa shape index (κ1) is 17.4. The monoisotopic (exact) mass is 341 g/mol. The number of hydrogen-bond donors (Lipinski definition) is 1. The first-order chi connectivity index (χ1) is 10.8. The number of nitrogens with zero attached hydrogens (tertiary/aromatic N) is 1. The third-order valence-electron chi connectivity index (χ3n) is 3.93. The Morgan fingerprint density at radius 2 is 2.00 bits per heavy atom. The van der Waals surface area contributed by atoms with Crippen molar-refractivity contribution in [1.29, 1.82) is 0 Å². The minimum Gasteiger partial charge on any atom is -0.480 e. The van der Waals surface area contributed by atoms with Crippen molar-refractivity contribution in [2.75, 3.05) is 13.7 Å². The zero-order valence-corrected chi connectivity index (χ0v) is 13.8. The fourth-order valence-corrected chi connectivity index (χ4v) is 4.59. The molecule has 1 aliphatic heterocycles. The maximum Gasteiger partial charge on any atom is 0.337 e. The first-order valence-corrected chi connectivity index (χ1v) is 8.66. The fourth-order valence-electron chi connectivity index (χ4n) is 2.69. The summed E-state index contributed by atoms with van der Waals surface area (Å²) in [6.45, 7) is 1.76. The second kappa shape index (κ2) is 6.67. The maximum absolute atomic E-state index is 12.9. The van der Waals surface area contributed by atoms with Gasteiger partial charge in [-0.15, -0.1) is 0 Å². The van der Waals surface area contributed by atoms with Crippen LogP contribution in [0.2, 0.25) is 0 Å². The number of esters is 1. The van der Waals surface area contributed by atoms with Gasteiger partial charge in [-0.25, -0.2) is 13.2 Å². The summed E-state index contributed by atoms with van der Waals surface area (Å²) in [5, 5.41) is 9.29. The molecule has 126 valence electrons. The van der Waals surface area contributed by atoms with Gasteiger partial charge >= 0.3 is 11.9 Å². The number of rotatable bonds is 4. The number of benzene rings is 1. The zero-order chi connectivity index (χ0) is 17.2. The van der Waals surface area contributed by atoms with Crippen LogP contribution in [-0.4, -0.2) is 49.5 Å². The van der Waals surface area contributed by atoms with Gasteiger partial charge in [0.15, 0.2) is 0 Å². The van der Waals surface area contributed by atoms with Crippen molar-refractivity contribution >= 4 is 22.0 Å². The Kier molecular flexibility index (Phi) is 5.06. The van der Waals surface area contributed by atoms with E-state index >= 15 is 0 Å². The number of aliphatic carboxylic acids is 1. The number of hydrogen-bond acceptors (Lipinski definition) is 5. The standard InChI is InChI=1S/C15H19NO6S/c1-10-6-7-11(15(19)22-2)9-13(10)23(20,21)16-8-4-3-5-12(16)14(17)18/h6-7,9,12H,3-5,8H2,1-2H3,(H,17,18). The van der Waals surface area contributed by atoms with E-state index in [1.54, 1.807) is 6.92 Å². The van der Waals surface area contributed by atoms with Gasteiger partial charge in [-0.05, 0) is 43.9 Å². The molecule has 0 radical (unpaired) electrons. The molecule has 1 fully saturated rings. The molecule has 1 aromatic rings. The van der Waals surface area contributed by atoms with E-state index in [1.165, 1.54) is 25.3 Å². The molecule has 23 heavy (non-hydrogen) atoms. The van der Waals surface area contributed by atoms with Crippen LogP contribution >= 0.6 is 0 Å². The number of carboxylic acid groups (broad SMARTS) is 1. The molecule has 1 aromatic carbocycles. The predicted octanol–water partition coefficient (Wildman–Crippen LogP) is 1.41. The highest BCUT2D eigenvalue weighted by Crippen LogP contribution is 2.28. The predicted molar refractivity (Wildman–Crippen MR) is 81.7 cm³/mol. The molecule has 7 nitrogen and oxygen atoms in total. The molecule has 0 aliphatic carbocycles. The molecule has 1 unspecified atom stereocenters. The van der Waals surface area contributed by atoms with Crippen LogP contribution in [0.5, 0.6) is 0 Å². The molecule has 1 N–H and O–H groups in total. The molecule has 0 spiro atoms. The van der Waals surface area contributed by atoms with Crippen molar-refractivity contribution < 1.29 is 27.9 Å². The van der Waals surface area contributed by atoms with Gasteiger partial charge in [0.2, 0.25) is 10.0 Å². The zero-order valence-electron chi connectivity index (χ0n) is 13.0. The highest BCUT2D eigenvalue weighted by atomic mass is 32.2. The number of ether oxygens (including phenoxy) is 1. The summed E-state index contributed by atoms with van der Waals surface area (Å²) in [7, 11) is -2.80. The van der Waals surface area contributed by atoms with E-state index in [9.17, 15) is 23.1 Å². The van der Waals surface area contributed by atoms with Crippen molar-refractivity contribution in [3.63, 3.8) is 0 Å². The summed E-state index contributed by atoms with van der Waals surface area (Å²) in [4.78, 5) is 22.9. The molecule has 2 rings (SSSR count). The lowest BCUT2D eigenvalue weighted by molar-refractivity contribution is -0.142. The third-order valence-corrected chi connectivity index (χ3v) is 5.98. The van der Waals surface area contributed by atoms with Crippen LogP contribution in [0.3, 0.4) is 0 Å². The van der Waals surface area contributed by atoms with E-state index in [1.807, 2.05) is 0 Å². The highest BCUT2D eigenvalue weighted by Gasteiger charge is 2.38. The van der Waals surface area contributed by atoms with Gasteiger partial charge in [0.1, 0.15) is 6.04 Å². The van der Waals surface area contributed by atoms with Crippen molar-refractivity contribution in [2.24, 2.45) is 0 Å². The van der Waals surface area contributed by atoms with Crippen LogP contribution in [0.15, 0.2) is 23.1 Å². The second-order valence-corrected chi connectivity index (χ2v) is 7.30. The number of piperidine rings is 1.